The van der Waals surface area contributed by atoms with Crippen molar-refractivity contribution in [2.45, 2.75) is 30.8 Å². The number of nitrogens with one attached hydrogen (secondary N) is 2. The van der Waals surface area contributed by atoms with Gasteiger partial charge in [-0.15, -0.1) is 0 Å². The van der Waals surface area contributed by atoms with E-state index in [1.54, 1.807) is 12.1 Å². The molecule has 3 aromatic rings. The predicted molar refractivity (Wildman–Crippen MR) is 114 cm³/mol. The lowest BCUT2D eigenvalue weighted by molar-refractivity contribution is 0.432. The van der Waals surface area contributed by atoms with Gasteiger partial charge in [0.2, 0.25) is 10.0 Å². The average molecular weight is 395 g/mol. The molecule has 0 amide bonds. The number of benzene rings is 3. The topological polar surface area (TPSA) is 58.2 Å². The molecule has 0 saturated carbocycles. The van der Waals surface area contributed by atoms with Crippen LogP contribution in [-0.2, 0) is 10.0 Å². The molecular formula is C23H26N2O2S. The number of aryl methyl sites for hydroxylation is 1. The fourth-order valence-corrected chi connectivity index (χ4v) is 4.49. The van der Waals surface area contributed by atoms with E-state index < -0.39 is 16.1 Å². The normalized spacial score (nSPS) is 13.8. The molecule has 5 heteroatoms. The molecule has 0 aliphatic heterocycles. The minimum absolute atomic E-state index is 0.200. The van der Waals surface area contributed by atoms with E-state index in [1.165, 1.54) is 0 Å². The van der Waals surface area contributed by atoms with Crippen molar-refractivity contribution in [2.75, 3.05) is 6.54 Å². The highest BCUT2D eigenvalue weighted by atomic mass is 32.2. The molecule has 0 aromatic heterocycles. The molecule has 0 aliphatic rings. The van der Waals surface area contributed by atoms with Gasteiger partial charge < -0.3 is 5.32 Å². The average Bonchev–Trinajstić information content (AvgIpc) is 2.72. The zero-order valence-electron chi connectivity index (χ0n) is 16.2. The summed E-state index contributed by atoms with van der Waals surface area (Å²) in [4.78, 5) is 0.266. The van der Waals surface area contributed by atoms with Gasteiger partial charge in [-0.2, -0.15) is 0 Å². The summed E-state index contributed by atoms with van der Waals surface area (Å²) in [5, 5.41) is 3.45. The summed E-state index contributed by atoms with van der Waals surface area (Å²) in [6.07, 6.45) is 0. The Hall–Kier alpha value is -2.47. The van der Waals surface area contributed by atoms with Gasteiger partial charge >= 0.3 is 0 Å². The molecule has 0 radical (unpaired) electrons. The van der Waals surface area contributed by atoms with Crippen molar-refractivity contribution in [3.8, 4) is 0 Å². The Bertz CT molecular complexity index is 972. The van der Waals surface area contributed by atoms with E-state index in [1.807, 2.05) is 86.6 Å². The predicted octanol–water partition coefficient (Wildman–Crippen LogP) is 4.37. The van der Waals surface area contributed by atoms with Crippen LogP contribution in [0.2, 0.25) is 0 Å². The second-order valence-electron chi connectivity index (χ2n) is 6.77. The Morgan fingerprint density at radius 1 is 0.750 bits per heavy atom. The fourth-order valence-electron chi connectivity index (χ4n) is 3.25. The van der Waals surface area contributed by atoms with Crippen LogP contribution in [-0.4, -0.2) is 15.0 Å². The molecule has 0 aliphatic carbocycles. The van der Waals surface area contributed by atoms with Gasteiger partial charge in [-0.05, 0) is 36.7 Å². The van der Waals surface area contributed by atoms with Gasteiger partial charge in [0.1, 0.15) is 0 Å². The largest absolute Gasteiger partial charge is 0.309 e. The lowest BCUT2D eigenvalue weighted by Gasteiger charge is -2.29. The van der Waals surface area contributed by atoms with Crippen LogP contribution in [0.4, 0.5) is 0 Å². The number of hydrogen-bond donors (Lipinski definition) is 2. The minimum atomic E-state index is -3.69. The van der Waals surface area contributed by atoms with Crippen molar-refractivity contribution in [3.05, 3.63) is 102 Å². The van der Waals surface area contributed by atoms with Crippen LogP contribution >= 0.6 is 0 Å². The molecular weight excluding hydrogens is 368 g/mol. The molecule has 146 valence electrons. The second kappa shape index (κ2) is 9.15. The standard InChI is InChI=1S/C23H26N2O2S/c1-3-24-22(19-10-6-4-7-11-19)23(20-12-8-5-9-13-20)25-28(26,27)21-16-14-18(2)15-17-21/h4-17,22-25H,3H2,1-2H3/t22-,23-/m1/s1. The summed E-state index contributed by atoms with van der Waals surface area (Å²) in [6, 6.07) is 25.9. The summed E-state index contributed by atoms with van der Waals surface area (Å²) < 4.78 is 29.2. The van der Waals surface area contributed by atoms with Crippen molar-refractivity contribution in [1.82, 2.24) is 10.0 Å². The third kappa shape index (κ3) is 4.87. The van der Waals surface area contributed by atoms with E-state index in [4.69, 9.17) is 0 Å². The minimum Gasteiger partial charge on any atom is -0.309 e. The van der Waals surface area contributed by atoms with Crippen LogP contribution in [0.5, 0.6) is 0 Å². The molecule has 0 fully saturated rings. The molecule has 0 bridgehead atoms. The summed E-state index contributed by atoms with van der Waals surface area (Å²) in [6.45, 7) is 4.68. The third-order valence-electron chi connectivity index (χ3n) is 4.69. The van der Waals surface area contributed by atoms with Gasteiger partial charge in [0.15, 0.2) is 0 Å². The maximum absolute atomic E-state index is 13.1. The zero-order chi connectivity index (χ0) is 20.0. The lowest BCUT2D eigenvalue weighted by Crippen LogP contribution is -2.38. The van der Waals surface area contributed by atoms with E-state index in [9.17, 15) is 8.42 Å². The summed E-state index contributed by atoms with van der Waals surface area (Å²) in [5.41, 5.74) is 2.96. The van der Waals surface area contributed by atoms with Crippen LogP contribution in [0.15, 0.2) is 89.8 Å². The van der Waals surface area contributed by atoms with Crippen molar-refractivity contribution in [2.24, 2.45) is 0 Å². The van der Waals surface area contributed by atoms with Gasteiger partial charge in [0.05, 0.1) is 17.0 Å². The molecule has 2 N–H and O–H groups in total. The highest BCUT2D eigenvalue weighted by Crippen LogP contribution is 2.30. The van der Waals surface area contributed by atoms with Gasteiger partial charge in [0.25, 0.3) is 0 Å². The first-order valence-electron chi connectivity index (χ1n) is 9.43. The molecule has 0 unspecified atom stereocenters. The Morgan fingerprint density at radius 2 is 1.25 bits per heavy atom. The van der Waals surface area contributed by atoms with Crippen LogP contribution in [0.1, 0.15) is 35.7 Å². The molecule has 3 rings (SSSR count). The number of rotatable bonds is 8. The summed E-state index contributed by atoms with van der Waals surface area (Å²) in [5.74, 6) is 0. The van der Waals surface area contributed by atoms with E-state index >= 15 is 0 Å². The van der Waals surface area contributed by atoms with E-state index in [0.717, 1.165) is 23.2 Å². The number of hydrogen-bond acceptors (Lipinski definition) is 3. The Morgan fingerprint density at radius 3 is 1.75 bits per heavy atom. The fraction of sp³-hybridized carbons (Fsp3) is 0.217. The lowest BCUT2D eigenvalue weighted by atomic mass is 9.94. The van der Waals surface area contributed by atoms with Crippen LogP contribution in [0.25, 0.3) is 0 Å². The van der Waals surface area contributed by atoms with Gasteiger partial charge in [0, 0.05) is 0 Å². The molecule has 0 saturated heterocycles. The Labute approximate surface area is 167 Å². The maximum atomic E-state index is 13.1. The highest BCUT2D eigenvalue weighted by Gasteiger charge is 2.29. The molecule has 4 nitrogen and oxygen atoms in total. The summed E-state index contributed by atoms with van der Waals surface area (Å²) >= 11 is 0. The number of sulfonamides is 1. The molecule has 0 spiro atoms. The smallest absolute Gasteiger partial charge is 0.241 e. The van der Waals surface area contributed by atoms with Crippen molar-refractivity contribution in [1.29, 1.82) is 0 Å². The van der Waals surface area contributed by atoms with E-state index in [0.29, 0.717) is 0 Å². The van der Waals surface area contributed by atoms with E-state index in [-0.39, 0.29) is 10.9 Å². The zero-order valence-corrected chi connectivity index (χ0v) is 17.0. The third-order valence-corrected chi connectivity index (χ3v) is 6.15. The first kappa shape index (κ1) is 20.3. The monoisotopic (exact) mass is 394 g/mol. The molecule has 28 heavy (non-hydrogen) atoms. The van der Waals surface area contributed by atoms with Gasteiger partial charge in [-0.3, -0.25) is 0 Å². The first-order valence-corrected chi connectivity index (χ1v) is 10.9. The first-order chi connectivity index (χ1) is 13.5. The van der Waals surface area contributed by atoms with Crippen LogP contribution in [0.3, 0.4) is 0 Å². The second-order valence-corrected chi connectivity index (χ2v) is 8.48. The summed E-state index contributed by atoms with van der Waals surface area (Å²) in [7, 11) is -3.69. The maximum Gasteiger partial charge on any atom is 0.241 e. The van der Waals surface area contributed by atoms with E-state index in [2.05, 4.69) is 10.0 Å². The Balaban J connectivity index is 2.03. The number of likely N-dealkylation sites (N-methyl/N-ethyl adjacent to an activating group) is 1. The molecule has 0 heterocycles. The van der Waals surface area contributed by atoms with Gasteiger partial charge in [-0.25, -0.2) is 13.1 Å². The van der Waals surface area contributed by atoms with Gasteiger partial charge in [-0.1, -0.05) is 85.3 Å². The molecule has 2 atom stereocenters. The quantitative estimate of drug-likeness (QED) is 0.597. The SMILES string of the molecule is CCN[C@H](c1ccccc1)[C@H](NS(=O)(=O)c1ccc(C)cc1)c1ccccc1. The van der Waals surface area contributed by atoms with Crippen LogP contribution in [0, 0.1) is 6.92 Å². The Kier molecular flexibility index (Phi) is 6.62. The van der Waals surface area contributed by atoms with Crippen LogP contribution < -0.4 is 10.0 Å². The van der Waals surface area contributed by atoms with Crippen molar-refractivity contribution < 1.29 is 8.42 Å². The van der Waals surface area contributed by atoms with Crippen molar-refractivity contribution >= 4 is 10.0 Å². The molecule has 3 aromatic carbocycles. The van der Waals surface area contributed by atoms with Crippen molar-refractivity contribution in [3.63, 3.8) is 0 Å². The highest BCUT2D eigenvalue weighted by molar-refractivity contribution is 7.89.